The third-order valence-electron chi connectivity index (χ3n) is 3.11. The summed E-state index contributed by atoms with van der Waals surface area (Å²) in [6.45, 7) is 1.88. The van der Waals surface area contributed by atoms with Crippen LogP contribution in [0.5, 0.6) is 5.75 Å². The number of nitrogens with one attached hydrogen (secondary N) is 1. The van der Waals surface area contributed by atoms with Gasteiger partial charge in [0.05, 0.1) is 14.2 Å². The molecule has 0 radical (unpaired) electrons. The zero-order chi connectivity index (χ0) is 14.0. The van der Waals surface area contributed by atoms with Crippen molar-refractivity contribution in [3.8, 4) is 5.75 Å². The standard InChI is InChI=1S/C14H15NO4/c1-8-12(18-2)5-4-10-14(8)9(7-15-10)11(16)6-13(17)19-3/h4-5,7,15H,6H2,1-3H3. The summed E-state index contributed by atoms with van der Waals surface area (Å²) in [6, 6.07) is 3.68. The van der Waals surface area contributed by atoms with Crippen molar-refractivity contribution >= 4 is 22.7 Å². The van der Waals surface area contributed by atoms with E-state index in [4.69, 9.17) is 4.74 Å². The van der Waals surface area contributed by atoms with Gasteiger partial charge in [-0.05, 0) is 19.1 Å². The van der Waals surface area contributed by atoms with Gasteiger partial charge in [0, 0.05) is 28.2 Å². The van der Waals surface area contributed by atoms with Gasteiger partial charge < -0.3 is 14.5 Å². The molecule has 0 spiro atoms. The summed E-state index contributed by atoms with van der Waals surface area (Å²) in [5, 5.41) is 0.785. The summed E-state index contributed by atoms with van der Waals surface area (Å²) >= 11 is 0. The van der Waals surface area contributed by atoms with Crippen molar-refractivity contribution in [2.75, 3.05) is 14.2 Å². The number of hydrogen-bond donors (Lipinski definition) is 1. The Morgan fingerprint density at radius 1 is 1.26 bits per heavy atom. The molecule has 0 bridgehead atoms. The number of aromatic nitrogens is 1. The molecule has 100 valence electrons. The van der Waals surface area contributed by atoms with E-state index in [1.807, 2.05) is 19.1 Å². The Morgan fingerprint density at radius 3 is 2.63 bits per heavy atom. The van der Waals surface area contributed by atoms with E-state index in [0.717, 1.165) is 16.5 Å². The number of carbonyl (C=O) groups excluding carboxylic acids is 2. The first-order valence-electron chi connectivity index (χ1n) is 5.83. The Hall–Kier alpha value is -2.30. The van der Waals surface area contributed by atoms with E-state index in [-0.39, 0.29) is 12.2 Å². The smallest absolute Gasteiger partial charge is 0.313 e. The maximum atomic E-state index is 12.1. The van der Waals surface area contributed by atoms with Gasteiger partial charge in [0.15, 0.2) is 5.78 Å². The van der Waals surface area contributed by atoms with E-state index in [1.165, 1.54) is 7.11 Å². The predicted octanol–water partition coefficient (Wildman–Crippen LogP) is 2.23. The van der Waals surface area contributed by atoms with Gasteiger partial charge in [-0.15, -0.1) is 0 Å². The fraction of sp³-hybridized carbons (Fsp3) is 0.286. The second kappa shape index (κ2) is 5.14. The number of H-pyrrole nitrogens is 1. The molecule has 0 aliphatic rings. The van der Waals surface area contributed by atoms with Gasteiger partial charge in [0.25, 0.3) is 0 Å². The molecule has 5 heteroatoms. The first kappa shape index (κ1) is 13.1. The van der Waals surface area contributed by atoms with Crippen molar-refractivity contribution in [2.24, 2.45) is 0 Å². The summed E-state index contributed by atoms with van der Waals surface area (Å²) in [6.07, 6.45) is 1.35. The van der Waals surface area contributed by atoms with E-state index in [0.29, 0.717) is 11.3 Å². The van der Waals surface area contributed by atoms with Crippen LogP contribution in [0.15, 0.2) is 18.3 Å². The highest BCUT2D eigenvalue weighted by molar-refractivity contribution is 6.14. The molecule has 19 heavy (non-hydrogen) atoms. The van der Waals surface area contributed by atoms with Crippen LogP contribution in [0.25, 0.3) is 10.9 Å². The monoisotopic (exact) mass is 261 g/mol. The summed E-state index contributed by atoms with van der Waals surface area (Å²) in [4.78, 5) is 26.3. The van der Waals surface area contributed by atoms with Gasteiger partial charge in [0.1, 0.15) is 12.2 Å². The van der Waals surface area contributed by atoms with E-state index < -0.39 is 5.97 Å². The number of fused-ring (bicyclic) bond motifs is 1. The molecule has 1 aromatic heterocycles. The van der Waals surface area contributed by atoms with Crippen molar-refractivity contribution in [2.45, 2.75) is 13.3 Å². The van der Waals surface area contributed by atoms with Crippen LogP contribution in [0.4, 0.5) is 0 Å². The molecule has 5 nitrogen and oxygen atoms in total. The summed E-state index contributed by atoms with van der Waals surface area (Å²) < 4.78 is 9.75. The molecule has 0 saturated carbocycles. The fourth-order valence-corrected chi connectivity index (χ4v) is 2.12. The predicted molar refractivity (Wildman–Crippen MR) is 70.6 cm³/mol. The van der Waals surface area contributed by atoms with Crippen molar-refractivity contribution in [3.05, 3.63) is 29.5 Å². The number of esters is 1. The number of rotatable bonds is 4. The Balaban J connectivity index is 2.49. The third-order valence-corrected chi connectivity index (χ3v) is 3.11. The average Bonchev–Trinajstić information content (AvgIpc) is 2.83. The van der Waals surface area contributed by atoms with Crippen LogP contribution in [0.1, 0.15) is 22.3 Å². The number of aromatic amines is 1. The maximum Gasteiger partial charge on any atom is 0.313 e. The number of benzene rings is 1. The Morgan fingerprint density at radius 2 is 2.00 bits per heavy atom. The summed E-state index contributed by atoms with van der Waals surface area (Å²) in [7, 11) is 2.84. The van der Waals surface area contributed by atoms with Crippen molar-refractivity contribution < 1.29 is 19.1 Å². The van der Waals surface area contributed by atoms with E-state index in [1.54, 1.807) is 13.3 Å². The number of methoxy groups -OCH3 is 2. The topological polar surface area (TPSA) is 68.4 Å². The number of carbonyl (C=O) groups is 2. The Bertz CT molecular complexity index is 642. The molecule has 0 unspecified atom stereocenters. The normalized spacial score (nSPS) is 10.5. The van der Waals surface area contributed by atoms with Gasteiger partial charge in [0.2, 0.25) is 0 Å². The zero-order valence-corrected chi connectivity index (χ0v) is 11.1. The van der Waals surface area contributed by atoms with E-state index in [9.17, 15) is 9.59 Å². The lowest BCUT2D eigenvalue weighted by Crippen LogP contribution is -2.09. The highest BCUT2D eigenvalue weighted by Gasteiger charge is 2.18. The number of ketones is 1. The van der Waals surface area contributed by atoms with Crippen molar-refractivity contribution in [1.29, 1.82) is 0 Å². The highest BCUT2D eigenvalue weighted by Crippen LogP contribution is 2.30. The molecule has 1 aromatic carbocycles. The lowest BCUT2D eigenvalue weighted by molar-refractivity contribution is -0.139. The van der Waals surface area contributed by atoms with Gasteiger partial charge in [-0.1, -0.05) is 0 Å². The number of Topliss-reactive ketones (excluding diaryl/α,β-unsaturated/α-hetero) is 1. The van der Waals surface area contributed by atoms with Gasteiger partial charge in [-0.2, -0.15) is 0 Å². The van der Waals surface area contributed by atoms with E-state index >= 15 is 0 Å². The third kappa shape index (κ3) is 2.31. The fourth-order valence-electron chi connectivity index (χ4n) is 2.12. The molecule has 0 fully saturated rings. The molecule has 1 N–H and O–H groups in total. The second-order valence-electron chi connectivity index (χ2n) is 4.19. The maximum absolute atomic E-state index is 12.1. The zero-order valence-electron chi connectivity index (χ0n) is 11.1. The van der Waals surface area contributed by atoms with Crippen LogP contribution in [0, 0.1) is 6.92 Å². The Kier molecular flexibility index (Phi) is 3.55. The second-order valence-corrected chi connectivity index (χ2v) is 4.19. The molecule has 0 amide bonds. The molecular weight excluding hydrogens is 246 g/mol. The molecule has 0 aliphatic heterocycles. The average molecular weight is 261 g/mol. The number of ether oxygens (including phenoxy) is 2. The van der Waals surface area contributed by atoms with Crippen LogP contribution < -0.4 is 4.74 Å². The highest BCUT2D eigenvalue weighted by atomic mass is 16.5. The van der Waals surface area contributed by atoms with Crippen LogP contribution >= 0.6 is 0 Å². The quantitative estimate of drug-likeness (QED) is 0.520. The molecule has 2 rings (SSSR count). The van der Waals surface area contributed by atoms with Gasteiger partial charge in [-0.25, -0.2) is 0 Å². The van der Waals surface area contributed by atoms with Gasteiger partial charge >= 0.3 is 5.97 Å². The largest absolute Gasteiger partial charge is 0.496 e. The lowest BCUT2D eigenvalue weighted by atomic mass is 10.0. The molecule has 0 saturated heterocycles. The minimum absolute atomic E-state index is 0.264. The van der Waals surface area contributed by atoms with Crippen LogP contribution in [-0.2, 0) is 9.53 Å². The molecule has 0 aliphatic carbocycles. The minimum Gasteiger partial charge on any atom is -0.496 e. The van der Waals surface area contributed by atoms with Crippen LogP contribution in [0.2, 0.25) is 0 Å². The Labute approximate surface area is 110 Å². The summed E-state index contributed by atoms with van der Waals surface area (Å²) in [5.41, 5.74) is 2.19. The van der Waals surface area contributed by atoms with Crippen LogP contribution in [-0.4, -0.2) is 31.0 Å². The number of hydrogen-bond acceptors (Lipinski definition) is 4. The molecular formula is C14H15NO4. The SMILES string of the molecule is COC(=O)CC(=O)c1c[nH]c2ccc(OC)c(C)c12. The molecule has 1 heterocycles. The van der Waals surface area contributed by atoms with Crippen molar-refractivity contribution in [3.63, 3.8) is 0 Å². The first-order valence-corrected chi connectivity index (χ1v) is 5.83. The van der Waals surface area contributed by atoms with Crippen molar-refractivity contribution in [1.82, 2.24) is 4.98 Å². The van der Waals surface area contributed by atoms with E-state index in [2.05, 4.69) is 9.72 Å². The van der Waals surface area contributed by atoms with Gasteiger partial charge in [-0.3, -0.25) is 9.59 Å². The lowest BCUT2D eigenvalue weighted by Gasteiger charge is -2.06. The van der Waals surface area contributed by atoms with Crippen LogP contribution in [0.3, 0.4) is 0 Å². The molecule has 0 atom stereocenters. The minimum atomic E-state index is -0.542. The first-order chi connectivity index (χ1) is 9.08. The number of aryl methyl sites for hydroxylation is 1. The molecule has 2 aromatic rings. The summed E-state index contributed by atoms with van der Waals surface area (Å²) in [5.74, 6) is -0.103.